The lowest BCUT2D eigenvalue weighted by Gasteiger charge is -2.34. The van der Waals surface area contributed by atoms with Gasteiger partial charge in [0.1, 0.15) is 5.84 Å². The Kier molecular flexibility index (Phi) is 2.53. The van der Waals surface area contributed by atoms with Crippen LogP contribution in [0.5, 0.6) is 0 Å². The van der Waals surface area contributed by atoms with Gasteiger partial charge in [-0.1, -0.05) is 11.6 Å². The highest BCUT2D eigenvalue weighted by atomic mass is 35.5. The van der Waals surface area contributed by atoms with E-state index < -0.39 is 0 Å². The minimum Gasteiger partial charge on any atom is -0.274 e. The second-order valence-corrected chi connectivity index (χ2v) is 4.59. The minimum absolute atomic E-state index is 0.206. The Balaban J connectivity index is 2.28. The van der Waals surface area contributed by atoms with Crippen molar-refractivity contribution < 1.29 is 9.63 Å². The number of benzene rings is 1. The molecule has 0 N–H and O–H groups in total. The highest BCUT2D eigenvalue weighted by Gasteiger charge is 2.38. The van der Waals surface area contributed by atoms with E-state index in [1.807, 2.05) is 6.92 Å². The summed E-state index contributed by atoms with van der Waals surface area (Å²) in [5.74, 6) is 0.698. The van der Waals surface area contributed by atoms with E-state index in [9.17, 15) is 4.79 Å². The number of halogens is 1. The van der Waals surface area contributed by atoms with Crippen LogP contribution in [0, 0.1) is 6.92 Å². The number of hydrogen-bond donors (Lipinski definition) is 0. The molecular formula is C12H12ClN3O2. The number of amides is 2. The Hall–Kier alpha value is -1.59. The number of rotatable bonds is 1. The zero-order valence-corrected chi connectivity index (χ0v) is 10.9. The first-order valence-corrected chi connectivity index (χ1v) is 6.02. The highest BCUT2D eigenvalue weighted by Crippen LogP contribution is 2.35. The number of hydrogen-bond acceptors (Lipinski definition) is 3. The number of fused-ring (bicyclic) bond motifs is 3. The molecular weight excluding hydrogens is 254 g/mol. The number of hydroxylamine groups is 1. The van der Waals surface area contributed by atoms with E-state index >= 15 is 0 Å². The monoisotopic (exact) mass is 265 g/mol. The molecule has 2 aliphatic heterocycles. The van der Waals surface area contributed by atoms with Gasteiger partial charge in [0.2, 0.25) is 0 Å². The van der Waals surface area contributed by atoms with Gasteiger partial charge >= 0.3 is 6.03 Å². The van der Waals surface area contributed by atoms with Crippen LogP contribution in [0.25, 0.3) is 0 Å². The number of carbonyl (C=O) groups is 1. The summed E-state index contributed by atoms with van der Waals surface area (Å²) in [5, 5.41) is 1.94. The van der Waals surface area contributed by atoms with E-state index in [1.54, 1.807) is 17.0 Å². The van der Waals surface area contributed by atoms with E-state index in [2.05, 4.69) is 4.99 Å². The van der Waals surface area contributed by atoms with Crippen LogP contribution >= 0.6 is 11.6 Å². The second kappa shape index (κ2) is 3.96. The maximum absolute atomic E-state index is 12.2. The number of amidine groups is 1. The van der Waals surface area contributed by atoms with Crippen molar-refractivity contribution in [3.8, 4) is 0 Å². The number of carbonyl (C=O) groups excluding carboxylic acids is 1. The van der Waals surface area contributed by atoms with Gasteiger partial charge in [0.05, 0.1) is 19.3 Å². The van der Waals surface area contributed by atoms with Crippen LogP contribution < -0.4 is 5.06 Å². The van der Waals surface area contributed by atoms with Crippen molar-refractivity contribution in [1.82, 2.24) is 4.90 Å². The molecule has 18 heavy (non-hydrogen) atoms. The lowest BCUT2D eigenvalue weighted by Crippen LogP contribution is -2.49. The van der Waals surface area contributed by atoms with Crippen LogP contribution in [0.15, 0.2) is 17.1 Å². The number of urea groups is 1. The summed E-state index contributed by atoms with van der Waals surface area (Å²) < 4.78 is 0. The average molecular weight is 266 g/mol. The van der Waals surface area contributed by atoms with Crippen molar-refractivity contribution in [2.45, 2.75) is 6.92 Å². The zero-order valence-electron chi connectivity index (χ0n) is 10.1. The minimum atomic E-state index is -0.206. The second-order valence-electron chi connectivity index (χ2n) is 4.18. The predicted octanol–water partition coefficient (Wildman–Crippen LogP) is 2.21. The summed E-state index contributed by atoms with van der Waals surface area (Å²) in [5.41, 5.74) is 2.48. The molecule has 0 saturated carbocycles. The SMILES string of the molecule is CON1C(=O)N2CCN=C2c2c1ccc(Cl)c2C. The molecule has 1 aromatic carbocycles. The zero-order chi connectivity index (χ0) is 12.9. The molecule has 3 rings (SSSR count). The summed E-state index contributed by atoms with van der Waals surface area (Å²) in [6.07, 6.45) is 0. The highest BCUT2D eigenvalue weighted by molar-refractivity contribution is 6.33. The van der Waals surface area contributed by atoms with Crippen LogP contribution in [0.4, 0.5) is 10.5 Å². The first-order chi connectivity index (χ1) is 8.65. The van der Waals surface area contributed by atoms with Gasteiger partial charge in [0, 0.05) is 17.1 Å². The molecule has 5 nitrogen and oxygen atoms in total. The summed E-state index contributed by atoms with van der Waals surface area (Å²) >= 11 is 6.15. The van der Waals surface area contributed by atoms with E-state index in [4.69, 9.17) is 16.4 Å². The molecule has 2 amide bonds. The number of aliphatic imine (C=N–C) groups is 1. The van der Waals surface area contributed by atoms with Crippen molar-refractivity contribution in [1.29, 1.82) is 0 Å². The molecule has 2 aliphatic rings. The fourth-order valence-electron chi connectivity index (χ4n) is 2.36. The molecule has 94 valence electrons. The van der Waals surface area contributed by atoms with Gasteiger partial charge < -0.3 is 0 Å². The first-order valence-electron chi connectivity index (χ1n) is 5.65. The summed E-state index contributed by atoms with van der Waals surface area (Å²) in [6, 6.07) is 3.34. The normalized spacial score (nSPS) is 17.7. The van der Waals surface area contributed by atoms with Gasteiger partial charge in [0.15, 0.2) is 0 Å². The average Bonchev–Trinajstić information content (AvgIpc) is 2.83. The Morgan fingerprint density at radius 3 is 2.94 bits per heavy atom. The Bertz CT molecular complexity index is 571. The van der Waals surface area contributed by atoms with Crippen molar-refractivity contribution in [3.63, 3.8) is 0 Å². The third-order valence-electron chi connectivity index (χ3n) is 3.25. The van der Waals surface area contributed by atoms with Crippen LogP contribution in [0.3, 0.4) is 0 Å². The largest absolute Gasteiger partial charge is 0.354 e. The molecule has 0 aliphatic carbocycles. The predicted molar refractivity (Wildman–Crippen MR) is 69.2 cm³/mol. The van der Waals surface area contributed by atoms with Gasteiger partial charge in [0.25, 0.3) is 0 Å². The molecule has 6 heteroatoms. The van der Waals surface area contributed by atoms with E-state index in [0.717, 1.165) is 11.1 Å². The smallest absolute Gasteiger partial charge is 0.274 e. The van der Waals surface area contributed by atoms with Crippen molar-refractivity contribution in [2.24, 2.45) is 4.99 Å². The number of anilines is 1. The molecule has 2 heterocycles. The van der Waals surface area contributed by atoms with Gasteiger partial charge in [-0.25, -0.2) is 4.79 Å². The van der Waals surface area contributed by atoms with Crippen molar-refractivity contribution >= 4 is 29.2 Å². The van der Waals surface area contributed by atoms with Crippen molar-refractivity contribution in [2.75, 3.05) is 25.3 Å². The van der Waals surface area contributed by atoms with Gasteiger partial charge in [-0.2, -0.15) is 5.06 Å². The van der Waals surface area contributed by atoms with E-state index in [1.165, 1.54) is 12.2 Å². The number of nitrogens with zero attached hydrogens (tertiary/aromatic N) is 3. The first kappa shape index (κ1) is 11.5. The summed E-state index contributed by atoms with van der Waals surface area (Å²) in [6.45, 7) is 3.12. The lowest BCUT2D eigenvalue weighted by molar-refractivity contribution is 0.149. The third kappa shape index (κ3) is 1.38. The molecule has 0 radical (unpaired) electrons. The van der Waals surface area contributed by atoms with Crippen LogP contribution in [-0.4, -0.2) is 37.0 Å². The quantitative estimate of drug-likeness (QED) is 0.781. The molecule has 0 saturated heterocycles. The van der Waals surface area contributed by atoms with Crippen LogP contribution in [-0.2, 0) is 4.84 Å². The molecule has 0 unspecified atom stereocenters. The molecule has 0 fully saturated rings. The van der Waals surface area contributed by atoms with Crippen molar-refractivity contribution in [3.05, 3.63) is 28.3 Å². The standard InChI is InChI=1S/C12H12ClN3O2/c1-7-8(13)3-4-9-10(7)11-14-5-6-15(11)12(17)16(9)18-2/h3-4H,5-6H2,1-2H3. The maximum Gasteiger partial charge on any atom is 0.354 e. The van der Waals surface area contributed by atoms with Gasteiger partial charge in [-0.05, 0) is 24.6 Å². The van der Waals surface area contributed by atoms with Gasteiger partial charge in [-0.15, -0.1) is 0 Å². The molecule has 0 aromatic heterocycles. The topological polar surface area (TPSA) is 45.1 Å². The van der Waals surface area contributed by atoms with E-state index in [0.29, 0.717) is 29.6 Å². The van der Waals surface area contributed by atoms with E-state index in [-0.39, 0.29) is 6.03 Å². The lowest BCUT2D eigenvalue weighted by atomic mass is 10.0. The Morgan fingerprint density at radius 1 is 1.44 bits per heavy atom. The van der Waals surface area contributed by atoms with Crippen LogP contribution in [0.2, 0.25) is 5.02 Å². The fraction of sp³-hybridized carbons (Fsp3) is 0.333. The summed E-state index contributed by atoms with van der Waals surface area (Å²) in [7, 11) is 1.48. The Labute approximate surface area is 110 Å². The third-order valence-corrected chi connectivity index (χ3v) is 3.66. The van der Waals surface area contributed by atoms with Crippen LogP contribution in [0.1, 0.15) is 11.1 Å². The maximum atomic E-state index is 12.2. The molecule has 1 aromatic rings. The summed E-state index contributed by atoms with van der Waals surface area (Å²) in [4.78, 5) is 23.4. The van der Waals surface area contributed by atoms with Gasteiger partial charge in [-0.3, -0.25) is 14.7 Å². The molecule has 0 atom stereocenters. The Morgan fingerprint density at radius 2 is 2.22 bits per heavy atom. The molecule has 0 bridgehead atoms. The molecule has 0 spiro atoms. The fourth-order valence-corrected chi connectivity index (χ4v) is 2.52.